The fourth-order valence-corrected chi connectivity index (χ4v) is 3.35. The van der Waals surface area contributed by atoms with Crippen molar-refractivity contribution in [2.45, 2.75) is 12.7 Å². The molecule has 0 aliphatic carbocycles. The molecule has 0 fully saturated rings. The number of benzene rings is 2. The quantitative estimate of drug-likeness (QED) is 0.539. The number of fused-ring (bicyclic) bond motifs is 1. The molecule has 146 valence electrons. The molecule has 0 saturated heterocycles. The summed E-state index contributed by atoms with van der Waals surface area (Å²) in [5.74, 6) is -0.213. The van der Waals surface area contributed by atoms with Gasteiger partial charge in [0.25, 0.3) is 5.56 Å². The predicted molar refractivity (Wildman–Crippen MR) is 104 cm³/mol. The summed E-state index contributed by atoms with van der Waals surface area (Å²) in [6, 6.07) is 15.3. The van der Waals surface area contributed by atoms with Gasteiger partial charge in [-0.15, -0.1) is 0 Å². The fraction of sp³-hybridized carbons (Fsp3) is 0.0909. The second kappa shape index (κ2) is 7.09. The Kier molecular flexibility index (Phi) is 4.58. The lowest BCUT2D eigenvalue weighted by atomic mass is 9.99. The average molecular weight is 396 g/mol. The van der Waals surface area contributed by atoms with Gasteiger partial charge < -0.3 is 9.67 Å². The standard InChI is InChI=1S/C22H15F3N2O2/c23-22(24,25)18-9-5-4-8-15(18)16-10-17-19(11-26-12-20(17)28)27(21(16)29)13-14-6-2-1-3-7-14/h1-12,28H,13H2. The van der Waals surface area contributed by atoms with Crippen LogP contribution in [0.15, 0.2) is 77.9 Å². The minimum absolute atomic E-state index is 0.128. The Balaban J connectivity index is 2.04. The van der Waals surface area contributed by atoms with E-state index < -0.39 is 17.3 Å². The van der Waals surface area contributed by atoms with E-state index in [1.54, 1.807) is 12.1 Å². The van der Waals surface area contributed by atoms with Gasteiger partial charge in [-0.1, -0.05) is 48.5 Å². The van der Waals surface area contributed by atoms with Crippen LogP contribution in [0, 0.1) is 0 Å². The van der Waals surface area contributed by atoms with Crippen molar-refractivity contribution in [1.82, 2.24) is 9.55 Å². The van der Waals surface area contributed by atoms with Crippen LogP contribution in [0.1, 0.15) is 11.1 Å². The highest BCUT2D eigenvalue weighted by atomic mass is 19.4. The van der Waals surface area contributed by atoms with E-state index in [4.69, 9.17) is 0 Å². The molecule has 0 amide bonds. The number of halogens is 3. The number of hydrogen-bond acceptors (Lipinski definition) is 3. The molecule has 2 aromatic carbocycles. The zero-order valence-electron chi connectivity index (χ0n) is 15.0. The first-order valence-corrected chi connectivity index (χ1v) is 8.77. The third-order valence-corrected chi connectivity index (χ3v) is 4.71. The van der Waals surface area contributed by atoms with Gasteiger partial charge in [-0.25, -0.2) is 0 Å². The molecule has 0 spiro atoms. The van der Waals surface area contributed by atoms with E-state index in [2.05, 4.69) is 4.98 Å². The highest BCUT2D eigenvalue weighted by Gasteiger charge is 2.34. The largest absolute Gasteiger partial charge is 0.506 e. The van der Waals surface area contributed by atoms with Crippen LogP contribution < -0.4 is 5.56 Å². The molecule has 4 rings (SSSR count). The molecule has 4 nitrogen and oxygen atoms in total. The fourth-order valence-electron chi connectivity index (χ4n) is 3.35. The number of alkyl halides is 3. The smallest absolute Gasteiger partial charge is 0.417 e. The van der Waals surface area contributed by atoms with Crippen molar-refractivity contribution in [3.05, 3.63) is 94.5 Å². The molecule has 2 heterocycles. The Labute approximate surface area is 163 Å². The summed E-state index contributed by atoms with van der Waals surface area (Å²) in [5.41, 5.74) is -0.734. The lowest BCUT2D eigenvalue weighted by molar-refractivity contribution is -0.137. The second-order valence-corrected chi connectivity index (χ2v) is 6.57. The van der Waals surface area contributed by atoms with E-state index in [-0.39, 0.29) is 28.8 Å². The van der Waals surface area contributed by atoms with E-state index in [1.165, 1.54) is 41.2 Å². The van der Waals surface area contributed by atoms with Crippen molar-refractivity contribution in [1.29, 1.82) is 0 Å². The lowest BCUT2D eigenvalue weighted by Gasteiger charge is -2.16. The lowest BCUT2D eigenvalue weighted by Crippen LogP contribution is -2.24. The van der Waals surface area contributed by atoms with E-state index in [1.807, 2.05) is 18.2 Å². The summed E-state index contributed by atoms with van der Waals surface area (Å²) in [6.45, 7) is 0.128. The van der Waals surface area contributed by atoms with Crippen molar-refractivity contribution < 1.29 is 18.3 Å². The van der Waals surface area contributed by atoms with Crippen molar-refractivity contribution in [2.24, 2.45) is 0 Å². The minimum atomic E-state index is -4.62. The van der Waals surface area contributed by atoms with Gasteiger partial charge in [-0.05, 0) is 23.3 Å². The number of aromatic nitrogens is 2. The Bertz CT molecular complexity index is 1250. The summed E-state index contributed by atoms with van der Waals surface area (Å²) in [5, 5.41) is 10.5. The molecule has 1 N–H and O–H groups in total. The summed E-state index contributed by atoms with van der Waals surface area (Å²) < 4.78 is 41.9. The summed E-state index contributed by atoms with van der Waals surface area (Å²) >= 11 is 0. The third kappa shape index (κ3) is 3.47. The van der Waals surface area contributed by atoms with Crippen molar-refractivity contribution in [3.63, 3.8) is 0 Å². The highest BCUT2D eigenvalue weighted by Crippen LogP contribution is 2.37. The molecule has 0 atom stereocenters. The van der Waals surface area contributed by atoms with Crippen molar-refractivity contribution in [2.75, 3.05) is 0 Å². The molecular formula is C22H15F3N2O2. The number of pyridine rings is 2. The molecular weight excluding hydrogens is 381 g/mol. The average Bonchev–Trinajstić information content (AvgIpc) is 2.70. The highest BCUT2D eigenvalue weighted by molar-refractivity contribution is 5.88. The monoisotopic (exact) mass is 396 g/mol. The molecule has 0 saturated carbocycles. The van der Waals surface area contributed by atoms with Gasteiger partial charge in [0.1, 0.15) is 5.75 Å². The zero-order valence-corrected chi connectivity index (χ0v) is 15.0. The van der Waals surface area contributed by atoms with Crippen LogP contribution >= 0.6 is 0 Å². The van der Waals surface area contributed by atoms with Crippen LogP contribution in [-0.4, -0.2) is 14.7 Å². The SMILES string of the molecule is O=c1c(-c2ccccc2C(F)(F)F)cc2c(O)cncc2n1Cc1ccccc1. The van der Waals surface area contributed by atoms with Crippen LogP contribution in [0.4, 0.5) is 13.2 Å². The van der Waals surface area contributed by atoms with E-state index >= 15 is 0 Å². The maximum absolute atomic E-state index is 13.5. The molecule has 0 aliphatic rings. The van der Waals surface area contributed by atoms with E-state index in [9.17, 15) is 23.1 Å². The number of nitrogens with zero attached hydrogens (tertiary/aromatic N) is 2. The number of aromatic hydroxyl groups is 1. The van der Waals surface area contributed by atoms with E-state index in [0.29, 0.717) is 5.52 Å². The van der Waals surface area contributed by atoms with Crippen LogP contribution in [0.25, 0.3) is 22.0 Å². The topological polar surface area (TPSA) is 55.1 Å². The van der Waals surface area contributed by atoms with Crippen LogP contribution in [0.5, 0.6) is 5.75 Å². The first-order chi connectivity index (χ1) is 13.9. The van der Waals surface area contributed by atoms with Crippen LogP contribution in [-0.2, 0) is 12.7 Å². The normalized spacial score (nSPS) is 11.7. The van der Waals surface area contributed by atoms with Crippen molar-refractivity contribution >= 4 is 10.9 Å². The predicted octanol–water partition coefficient (Wildman–Crippen LogP) is 4.84. The van der Waals surface area contributed by atoms with Gasteiger partial charge in [0.2, 0.25) is 0 Å². The molecule has 0 aliphatic heterocycles. The summed E-state index contributed by atoms with van der Waals surface area (Å²) in [7, 11) is 0. The van der Waals surface area contributed by atoms with Gasteiger partial charge in [-0.2, -0.15) is 13.2 Å². The van der Waals surface area contributed by atoms with E-state index in [0.717, 1.165) is 11.6 Å². The molecule has 0 bridgehead atoms. The molecule has 29 heavy (non-hydrogen) atoms. The van der Waals surface area contributed by atoms with Gasteiger partial charge in [-0.3, -0.25) is 9.78 Å². The van der Waals surface area contributed by atoms with Gasteiger partial charge in [0.15, 0.2) is 0 Å². The second-order valence-electron chi connectivity index (χ2n) is 6.57. The first-order valence-electron chi connectivity index (χ1n) is 8.77. The van der Waals surface area contributed by atoms with Crippen LogP contribution in [0.2, 0.25) is 0 Å². The Morgan fingerprint density at radius 3 is 2.34 bits per heavy atom. The molecule has 7 heteroatoms. The summed E-state index contributed by atoms with van der Waals surface area (Å²) in [4.78, 5) is 17.2. The third-order valence-electron chi connectivity index (χ3n) is 4.71. The zero-order chi connectivity index (χ0) is 20.6. The summed E-state index contributed by atoms with van der Waals surface area (Å²) in [6.07, 6.45) is -2.01. The Morgan fingerprint density at radius 2 is 1.62 bits per heavy atom. The van der Waals surface area contributed by atoms with Crippen molar-refractivity contribution in [3.8, 4) is 16.9 Å². The number of hydrogen-bond donors (Lipinski definition) is 1. The first kappa shape index (κ1) is 18.7. The molecule has 0 unspecified atom stereocenters. The minimum Gasteiger partial charge on any atom is -0.506 e. The van der Waals surface area contributed by atoms with Gasteiger partial charge >= 0.3 is 6.18 Å². The molecule has 0 radical (unpaired) electrons. The Hall–Kier alpha value is -3.61. The molecule has 2 aromatic heterocycles. The maximum atomic E-state index is 13.5. The van der Waals surface area contributed by atoms with Gasteiger partial charge in [0, 0.05) is 10.9 Å². The maximum Gasteiger partial charge on any atom is 0.417 e. The molecule has 4 aromatic rings. The Morgan fingerprint density at radius 1 is 0.931 bits per heavy atom. The van der Waals surface area contributed by atoms with Crippen LogP contribution in [0.3, 0.4) is 0 Å². The number of rotatable bonds is 3. The van der Waals surface area contributed by atoms with Gasteiger partial charge in [0.05, 0.1) is 30.0 Å².